The van der Waals surface area contributed by atoms with Crippen LogP contribution in [0.5, 0.6) is 0 Å². The second-order valence-corrected chi connectivity index (χ2v) is 4.93. The monoisotopic (exact) mass is 255 g/mol. The summed E-state index contributed by atoms with van der Waals surface area (Å²) < 4.78 is 13.3. The van der Waals surface area contributed by atoms with Crippen molar-refractivity contribution >= 4 is 11.5 Å². The predicted molar refractivity (Wildman–Crippen MR) is 72.6 cm³/mol. The number of benzene rings is 2. The van der Waals surface area contributed by atoms with Gasteiger partial charge < -0.3 is 5.73 Å². The van der Waals surface area contributed by atoms with Crippen molar-refractivity contribution in [2.45, 2.75) is 18.8 Å². The van der Waals surface area contributed by atoms with Crippen molar-refractivity contribution < 1.29 is 9.18 Å². The summed E-state index contributed by atoms with van der Waals surface area (Å²) in [6, 6.07) is 12.5. The van der Waals surface area contributed by atoms with Gasteiger partial charge in [-0.15, -0.1) is 0 Å². The van der Waals surface area contributed by atoms with Gasteiger partial charge in [-0.2, -0.15) is 0 Å². The minimum absolute atomic E-state index is 0.0416. The molecule has 0 saturated carbocycles. The van der Waals surface area contributed by atoms with Gasteiger partial charge in [-0.1, -0.05) is 30.3 Å². The molecular weight excluding hydrogens is 241 g/mol. The van der Waals surface area contributed by atoms with Crippen molar-refractivity contribution in [2.24, 2.45) is 0 Å². The molecule has 0 amide bonds. The number of carbonyl (C=O) groups is 1. The average molecular weight is 255 g/mol. The molecule has 2 aromatic rings. The Morgan fingerprint density at radius 2 is 2.00 bits per heavy atom. The SMILES string of the molecule is Nc1c(F)cccc1C(=O)CC1Cc2ccccc21. The largest absolute Gasteiger partial charge is 0.396 e. The van der Waals surface area contributed by atoms with Crippen LogP contribution in [0.3, 0.4) is 0 Å². The molecule has 1 atom stereocenters. The van der Waals surface area contributed by atoms with E-state index in [0.717, 1.165) is 6.42 Å². The maximum atomic E-state index is 13.3. The van der Waals surface area contributed by atoms with E-state index >= 15 is 0 Å². The van der Waals surface area contributed by atoms with Crippen molar-refractivity contribution in [3.05, 3.63) is 65.0 Å². The predicted octanol–water partition coefficient (Wildman–Crippen LogP) is 3.32. The number of rotatable bonds is 3. The summed E-state index contributed by atoms with van der Waals surface area (Å²) >= 11 is 0. The average Bonchev–Trinajstić information content (AvgIpc) is 2.39. The lowest BCUT2D eigenvalue weighted by molar-refractivity contribution is 0.0971. The zero-order valence-corrected chi connectivity index (χ0v) is 10.4. The molecule has 0 spiro atoms. The number of hydrogen-bond acceptors (Lipinski definition) is 2. The van der Waals surface area contributed by atoms with Crippen LogP contribution in [-0.2, 0) is 6.42 Å². The zero-order valence-electron chi connectivity index (χ0n) is 10.4. The van der Waals surface area contributed by atoms with E-state index < -0.39 is 5.82 Å². The number of hydrogen-bond donors (Lipinski definition) is 1. The Balaban J connectivity index is 1.79. The first-order valence-electron chi connectivity index (χ1n) is 6.32. The summed E-state index contributed by atoms with van der Waals surface area (Å²) in [5.74, 6) is -0.372. The van der Waals surface area contributed by atoms with Crippen LogP contribution in [-0.4, -0.2) is 5.78 Å². The lowest BCUT2D eigenvalue weighted by atomic mass is 9.74. The quantitative estimate of drug-likeness (QED) is 0.675. The number of anilines is 1. The van der Waals surface area contributed by atoms with E-state index in [4.69, 9.17) is 5.73 Å². The molecule has 96 valence electrons. The highest BCUT2D eigenvalue weighted by atomic mass is 19.1. The Bertz CT molecular complexity index is 651. The Morgan fingerprint density at radius 1 is 1.21 bits per heavy atom. The molecule has 3 heteroatoms. The maximum absolute atomic E-state index is 13.3. The summed E-state index contributed by atoms with van der Waals surface area (Å²) in [7, 11) is 0. The fourth-order valence-corrected chi connectivity index (χ4v) is 2.66. The fraction of sp³-hybridized carbons (Fsp3) is 0.188. The molecule has 1 unspecified atom stereocenters. The fourth-order valence-electron chi connectivity index (χ4n) is 2.66. The van der Waals surface area contributed by atoms with Crippen LogP contribution in [0.2, 0.25) is 0 Å². The minimum atomic E-state index is -0.528. The second kappa shape index (κ2) is 4.50. The maximum Gasteiger partial charge on any atom is 0.165 e. The van der Waals surface area contributed by atoms with Gasteiger partial charge in [0.25, 0.3) is 0 Å². The number of nitrogen functional groups attached to an aromatic ring is 1. The number of carbonyl (C=O) groups excluding carboxylic acids is 1. The van der Waals surface area contributed by atoms with E-state index in [0.29, 0.717) is 12.0 Å². The van der Waals surface area contributed by atoms with Crippen LogP contribution in [0.4, 0.5) is 10.1 Å². The molecule has 0 bridgehead atoms. The van der Waals surface area contributed by atoms with Gasteiger partial charge in [-0.25, -0.2) is 4.39 Å². The van der Waals surface area contributed by atoms with Crippen LogP contribution >= 0.6 is 0 Å². The molecule has 0 heterocycles. The highest BCUT2D eigenvalue weighted by Crippen LogP contribution is 2.38. The topological polar surface area (TPSA) is 43.1 Å². The van der Waals surface area contributed by atoms with Crippen molar-refractivity contribution in [3.63, 3.8) is 0 Å². The van der Waals surface area contributed by atoms with E-state index in [1.807, 2.05) is 18.2 Å². The van der Waals surface area contributed by atoms with Gasteiger partial charge in [-0.3, -0.25) is 4.79 Å². The third-order valence-electron chi connectivity index (χ3n) is 3.75. The Morgan fingerprint density at radius 3 is 2.79 bits per heavy atom. The second-order valence-electron chi connectivity index (χ2n) is 4.93. The van der Waals surface area contributed by atoms with Crippen molar-refractivity contribution in [1.29, 1.82) is 0 Å². The van der Waals surface area contributed by atoms with Crippen LogP contribution < -0.4 is 5.73 Å². The molecule has 0 radical (unpaired) electrons. The summed E-state index contributed by atoms with van der Waals surface area (Å²) in [4.78, 5) is 12.2. The molecule has 1 aliphatic rings. The van der Waals surface area contributed by atoms with Crippen LogP contribution in [0.25, 0.3) is 0 Å². The minimum Gasteiger partial charge on any atom is -0.396 e. The number of fused-ring (bicyclic) bond motifs is 1. The van der Waals surface area contributed by atoms with Crippen LogP contribution in [0, 0.1) is 5.82 Å². The molecule has 0 fully saturated rings. The van der Waals surface area contributed by atoms with Crippen molar-refractivity contribution in [3.8, 4) is 0 Å². The summed E-state index contributed by atoms with van der Waals surface area (Å²) in [5.41, 5.74) is 8.40. The third kappa shape index (κ3) is 2.01. The van der Waals surface area contributed by atoms with Crippen LogP contribution in [0.1, 0.15) is 33.8 Å². The highest BCUT2D eigenvalue weighted by molar-refractivity contribution is 6.01. The molecule has 0 saturated heterocycles. The van der Waals surface area contributed by atoms with Gasteiger partial charge in [0.05, 0.1) is 5.69 Å². The Hall–Kier alpha value is -2.16. The highest BCUT2D eigenvalue weighted by Gasteiger charge is 2.28. The van der Waals surface area contributed by atoms with Crippen molar-refractivity contribution in [2.75, 3.05) is 5.73 Å². The van der Waals surface area contributed by atoms with Gasteiger partial charge in [0.15, 0.2) is 5.78 Å². The molecule has 0 aromatic heterocycles. The molecule has 2 N–H and O–H groups in total. The normalized spacial score (nSPS) is 16.6. The Kier molecular flexibility index (Phi) is 2.82. The van der Waals surface area contributed by atoms with Gasteiger partial charge in [0.2, 0.25) is 0 Å². The standard InChI is InChI=1S/C16H14FNO/c17-14-7-3-6-13(16(14)18)15(19)9-11-8-10-4-1-2-5-12(10)11/h1-7,11H,8-9,18H2. The number of para-hydroxylation sites is 1. The molecule has 2 aromatic carbocycles. The van der Waals surface area contributed by atoms with E-state index in [-0.39, 0.29) is 17.4 Å². The lowest BCUT2D eigenvalue weighted by Crippen LogP contribution is -2.20. The molecule has 0 aliphatic heterocycles. The van der Waals surface area contributed by atoms with Gasteiger partial charge in [0, 0.05) is 12.0 Å². The number of halogens is 1. The van der Waals surface area contributed by atoms with Gasteiger partial charge in [-0.05, 0) is 35.6 Å². The van der Waals surface area contributed by atoms with Gasteiger partial charge in [0.1, 0.15) is 5.82 Å². The summed E-state index contributed by atoms with van der Waals surface area (Å²) in [5, 5.41) is 0. The van der Waals surface area contributed by atoms with E-state index in [1.165, 1.54) is 23.3 Å². The van der Waals surface area contributed by atoms with E-state index in [9.17, 15) is 9.18 Å². The molecule has 2 nitrogen and oxygen atoms in total. The third-order valence-corrected chi connectivity index (χ3v) is 3.75. The molecule has 3 rings (SSSR count). The van der Waals surface area contributed by atoms with Crippen LogP contribution in [0.15, 0.2) is 42.5 Å². The lowest BCUT2D eigenvalue weighted by Gasteiger charge is -2.29. The zero-order chi connectivity index (χ0) is 13.4. The van der Waals surface area contributed by atoms with Crippen molar-refractivity contribution in [1.82, 2.24) is 0 Å². The first kappa shape index (κ1) is 11.9. The summed E-state index contributed by atoms with van der Waals surface area (Å²) in [6.45, 7) is 0. The number of ketones is 1. The summed E-state index contributed by atoms with van der Waals surface area (Å²) in [6.07, 6.45) is 1.31. The smallest absolute Gasteiger partial charge is 0.165 e. The number of nitrogens with two attached hydrogens (primary N) is 1. The molecule has 19 heavy (non-hydrogen) atoms. The first-order chi connectivity index (χ1) is 9.16. The van der Waals surface area contributed by atoms with E-state index in [2.05, 4.69) is 6.07 Å². The molecule has 1 aliphatic carbocycles. The first-order valence-corrected chi connectivity index (χ1v) is 6.32. The Labute approximate surface area is 111 Å². The van der Waals surface area contributed by atoms with E-state index in [1.54, 1.807) is 6.07 Å². The number of Topliss-reactive ketones (excluding diaryl/α,β-unsaturated/α-hetero) is 1. The van der Waals surface area contributed by atoms with Gasteiger partial charge >= 0.3 is 0 Å². The molecular formula is C16H14FNO.